The first-order valence-electron chi connectivity index (χ1n) is 4.10. The first-order valence-corrected chi connectivity index (χ1v) is 4.92. The van der Waals surface area contributed by atoms with Gasteiger partial charge in [-0.1, -0.05) is 12.1 Å². The van der Waals surface area contributed by atoms with Gasteiger partial charge in [-0.15, -0.1) is 11.3 Å². The predicted molar refractivity (Wildman–Crippen MR) is 55.8 cm³/mol. The third-order valence-corrected chi connectivity index (χ3v) is 2.84. The molecule has 0 aliphatic carbocycles. The first-order chi connectivity index (χ1) is 6.31. The highest BCUT2D eigenvalue weighted by molar-refractivity contribution is 7.09. The van der Waals surface area contributed by atoms with Crippen LogP contribution in [0.15, 0.2) is 29.3 Å². The highest BCUT2D eigenvalue weighted by Crippen LogP contribution is 2.09. The first kappa shape index (κ1) is 8.38. The Morgan fingerprint density at radius 3 is 2.85 bits per heavy atom. The highest BCUT2D eigenvalue weighted by Gasteiger charge is 1.97. The number of hydrogen-bond acceptors (Lipinski definition) is 3. The number of benzene rings is 1. The van der Waals surface area contributed by atoms with E-state index in [1.165, 1.54) is 0 Å². The number of nitrogens with zero attached hydrogens (tertiary/aromatic N) is 2. The molecule has 2 aromatic rings. The van der Waals surface area contributed by atoms with Crippen molar-refractivity contribution in [1.82, 2.24) is 4.98 Å². The fourth-order valence-electron chi connectivity index (χ4n) is 1.31. The van der Waals surface area contributed by atoms with Crippen LogP contribution in [0, 0.1) is 6.92 Å². The van der Waals surface area contributed by atoms with Gasteiger partial charge in [0.15, 0.2) is 0 Å². The van der Waals surface area contributed by atoms with E-state index in [1.54, 1.807) is 11.3 Å². The molecule has 0 aliphatic rings. The molecule has 3 heteroatoms. The van der Waals surface area contributed by atoms with Crippen LogP contribution in [0.3, 0.4) is 0 Å². The highest BCUT2D eigenvalue weighted by atomic mass is 32.1. The molecule has 1 heterocycles. The van der Waals surface area contributed by atoms with Crippen molar-refractivity contribution in [3.8, 4) is 0 Å². The van der Waals surface area contributed by atoms with Crippen LogP contribution in [-0.4, -0.2) is 12.0 Å². The van der Waals surface area contributed by atoms with Gasteiger partial charge in [0.1, 0.15) is 4.67 Å². The quantitative estimate of drug-likeness (QED) is 0.624. The van der Waals surface area contributed by atoms with Crippen LogP contribution < -0.4 is 4.67 Å². The number of fused-ring (bicyclic) bond motifs is 1. The molecule has 2 nitrogen and oxygen atoms in total. The van der Waals surface area contributed by atoms with E-state index in [4.69, 9.17) is 0 Å². The zero-order chi connectivity index (χ0) is 9.26. The number of aromatic nitrogens is 1. The lowest BCUT2D eigenvalue weighted by atomic mass is 10.2. The maximum Gasteiger partial charge on any atom is 0.121 e. The minimum absolute atomic E-state index is 1.03. The molecule has 0 spiro atoms. The summed E-state index contributed by atoms with van der Waals surface area (Å²) >= 11 is 1.63. The van der Waals surface area contributed by atoms with E-state index in [0.29, 0.717) is 0 Å². The molecule has 0 N–H and O–H groups in total. The average Bonchev–Trinajstić information content (AvgIpc) is 2.16. The van der Waals surface area contributed by atoms with Crippen LogP contribution in [0.4, 0.5) is 0 Å². The van der Waals surface area contributed by atoms with Gasteiger partial charge in [0.05, 0.1) is 10.5 Å². The standard InChI is InChI=1S/C10H10N2S/c1-7-12-9-6-4-3-5-8(9)10(11-2)13-7/h3-6H,1-2H3/b11-10-. The summed E-state index contributed by atoms with van der Waals surface area (Å²) in [4.78, 5) is 8.68. The van der Waals surface area contributed by atoms with Crippen LogP contribution in [0.5, 0.6) is 0 Å². The van der Waals surface area contributed by atoms with Gasteiger partial charge >= 0.3 is 0 Å². The fraction of sp³-hybridized carbons (Fsp3) is 0.200. The van der Waals surface area contributed by atoms with Crippen LogP contribution >= 0.6 is 11.3 Å². The Morgan fingerprint density at radius 2 is 2.08 bits per heavy atom. The van der Waals surface area contributed by atoms with Crippen molar-refractivity contribution in [3.63, 3.8) is 0 Å². The molecular formula is C10H10N2S. The van der Waals surface area contributed by atoms with E-state index in [1.807, 2.05) is 32.2 Å². The molecule has 0 atom stereocenters. The molecule has 2 rings (SSSR count). The third-order valence-electron chi connectivity index (χ3n) is 1.86. The zero-order valence-corrected chi connectivity index (χ0v) is 8.43. The van der Waals surface area contributed by atoms with E-state index in [-0.39, 0.29) is 0 Å². The Morgan fingerprint density at radius 1 is 1.31 bits per heavy atom. The second-order valence-corrected chi connectivity index (χ2v) is 3.96. The lowest BCUT2D eigenvalue weighted by Crippen LogP contribution is -2.00. The lowest BCUT2D eigenvalue weighted by Gasteiger charge is -1.97. The zero-order valence-electron chi connectivity index (χ0n) is 7.61. The van der Waals surface area contributed by atoms with Crippen LogP contribution in [0.25, 0.3) is 10.9 Å². The van der Waals surface area contributed by atoms with E-state index in [9.17, 15) is 0 Å². The van der Waals surface area contributed by atoms with Crippen molar-refractivity contribution >= 4 is 22.2 Å². The summed E-state index contributed by atoms with van der Waals surface area (Å²) in [6.07, 6.45) is 0. The summed E-state index contributed by atoms with van der Waals surface area (Å²) in [6, 6.07) is 8.09. The predicted octanol–water partition coefficient (Wildman–Crippen LogP) is 2.14. The number of para-hydroxylation sites is 1. The molecule has 66 valence electrons. The van der Waals surface area contributed by atoms with E-state index < -0.39 is 0 Å². The van der Waals surface area contributed by atoms with E-state index in [2.05, 4.69) is 16.0 Å². The van der Waals surface area contributed by atoms with Gasteiger partial charge in [-0.05, 0) is 19.1 Å². The summed E-state index contributed by atoms with van der Waals surface area (Å²) in [6.45, 7) is 2.01. The van der Waals surface area contributed by atoms with Gasteiger partial charge in [-0.2, -0.15) is 0 Å². The Hall–Kier alpha value is -1.22. The van der Waals surface area contributed by atoms with Crippen LogP contribution in [0.1, 0.15) is 5.01 Å². The molecule has 1 aromatic heterocycles. The molecule has 0 bridgehead atoms. The maximum atomic E-state index is 4.44. The molecule has 0 unspecified atom stereocenters. The fourth-order valence-corrected chi connectivity index (χ4v) is 2.10. The van der Waals surface area contributed by atoms with Crippen molar-refractivity contribution in [2.75, 3.05) is 7.05 Å². The molecule has 0 fully saturated rings. The van der Waals surface area contributed by atoms with Crippen LogP contribution in [-0.2, 0) is 0 Å². The van der Waals surface area contributed by atoms with Gasteiger partial charge < -0.3 is 0 Å². The third kappa shape index (κ3) is 1.47. The minimum atomic E-state index is 1.03. The summed E-state index contributed by atoms with van der Waals surface area (Å²) in [5.41, 5.74) is 1.03. The smallest absolute Gasteiger partial charge is 0.121 e. The van der Waals surface area contributed by atoms with Gasteiger partial charge in [0, 0.05) is 12.4 Å². The molecule has 0 saturated heterocycles. The molecule has 0 radical (unpaired) electrons. The van der Waals surface area contributed by atoms with E-state index in [0.717, 1.165) is 20.6 Å². The molecule has 0 aliphatic heterocycles. The Bertz CT molecular complexity index is 499. The van der Waals surface area contributed by atoms with Crippen molar-refractivity contribution in [2.24, 2.45) is 4.99 Å². The second kappa shape index (κ2) is 3.26. The maximum absolute atomic E-state index is 4.44. The molecule has 13 heavy (non-hydrogen) atoms. The van der Waals surface area contributed by atoms with E-state index >= 15 is 0 Å². The van der Waals surface area contributed by atoms with Crippen molar-refractivity contribution in [1.29, 1.82) is 0 Å². The van der Waals surface area contributed by atoms with Crippen molar-refractivity contribution in [3.05, 3.63) is 33.9 Å². The Balaban J connectivity index is 2.99. The topological polar surface area (TPSA) is 25.2 Å². The Kier molecular flexibility index (Phi) is 2.10. The van der Waals surface area contributed by atoms with Gasteiger partial charge in [0.2, 0.25) is 0 Å². The number of hydrogen-bond donors (Lipinski definition) is 0. The number of aryl methyl sites for hydroxylation is 1. The largest absolute Gasteiger partial charge is 0.277 e. The van der Waals surface area contributed by atoms with Gasteiger partial charge in [-0.25, -0.2) is 4.98 Å². The molecule has 0 amide bonds. The normalized spacial score (nSPS) is 12.3. The summed E-state index contributed by atoms with van der Waals surface area (Å²) < 4.78 is 1.06. The van der Waals surface area contributed by atoms with Crippen molar-refractivity contribution in [2.45, 2.75) is 6.92 Å². The summed E-state index contributed by atoms with van der Waals surface area (Å²) in [5.74, 6) is 0. The molecule has 0 saturated carbocycles. The summed E-state index contributed by atoms with van der Waals surface area (Å²) in [5, 5.41) is 2.19. The Labute approximate surface area is 80.6 Å². The SMILES string of the molecule is C/N=c1\sc(C)nc2ccccc12. The molecule has 1 aromatic carbocycles. The number of rotatable bonds is 0. The van der Waals surface area contributed by atoms with Crippen molar-refractivity contribution < 1.29 is 0 Å². The monoisotopic (exact) mass is 190 g/mol. The van der Waals surface area contributed by atoms with Gasteiger partial charge in [-0.3, -0.25) is 4.99 Å². The molecular weight excluding hydrogens is 180 g/mol. The van der Waals surface area contributed by atoms with Crippen LogP contribution in [0.2, 0.25) is 0 Å². The minimum Gasteiger partial charge on any atom is -0.277 e. The average molecular weight is 190 g/mol. The summed E-state index contributed by atoms with van der Waals surface area (Å²) in [7, 11) is 1.82. The second-order valence-electron chi connectivity index (χ2n) is 2.78. The lowest BCUT2D eigenvalue weighted by molar-refractivity contribution is 1.29. The van der Waals surface area contributed by atoms with Gasteiger partial charge in [0.25, 0.3) is 0 Å².